The van der Waals surface area contributed by atoms with Gasteiger partial charge >= 0.3 is 0 Å². The van der Waals surface area contributed by atoms with Crippen LogP contribution in [0.3, 0.4) is 0 Å². The van der Waals surface area contributed by atoms with E-state index in [-0.39, 0.29) is 30.3 Å². The lowest BCUT2D eigenvalue weighted by molar-refractivity contribution is -0.140. The van der Waals surface area contributed by atoms with Gasteiger partial charge in [0.05, 0.1) is 0 Å². The van der Waals surface area contributed by atoms with E-state index in [4.69, 9.17) is 5.73 Å². The second-order valence-electron chi connectivity index (χ2n) is 9.04. The molecule has 1 aromatic carbocycles. The van der Waals surface area contributed by atoms with Gasteiger partial charge in [0.25, 0.3) is 5.91 Å². The Morgan fingerprint density at radius 1 is 1.00 bits per heavy atom. The molecule has 3 fully saturated rings. The maximum Gasteiger partial charge on any atom is 0.253 e. The molecule has 2 saturated carbocycles. The fraction of sp³-hybridized carbons (Fsp3) is 0.652. The Labute approximate surface area is 180 Å². The quantitative estimate of drug-likeness (QED) is 0.817. The van der Waals surface area contributed by atoms with Crippen molar-refractivity contribution >= 4 is 24.2 Å². The number of fused-ring (bicyclic) bond motifs is 2. The van der Waals surface area contributed by atoms with Gasteiger partial charge in [0, 0.05) is 43.7 Å². The van der Waals surface area contributed by atoms with E-state index in [1.807, 2.05) is 47.2 Å². The molecule has 2 bridgehead atoms. The van der Waals surface area contributed by atoms with E-state index in [0.29, 0.717) is 23.8 Å². The number of nitrogens with zero attached hydrogens (tertiary/aromatic N) is 2. The lowest BCUT2D eigenvalue weighted by atomic mass is 9.65. The molecule has 0 aromatic heterocycles. The first-order valence-corrected chi connectivity index (χ1v) is 10.9. The lowest BCUT2D eigenvalue weighted by Gasteiger charge is -2.45. The van der Waals surface area contributed by atoms with Gasteiger partial charge in [0.1, 0.15) is 0 Å². The van der Waals surface area contributed by atoms with Crippen molar-refractivity contribution < 1.29 is 9.59 Å². The highest BCUT2D eigenvalue weighted by Gasteiger charge is 2.42. The van der Waals surface area contributed by atoms with E-state index < -0.39 is 0 Å². The summed E-state index contributed by atoms with van der Waals surface area (Å²) in [7, 11) is 1.96. The van der Waals surface area contributed by atoms with Crippen molar-refractivity contribution in [3.05, 3.63) is 35.9 Å². The highest BCUT2D eigenvalue weighted by atomic mass is 35.5. The maximum atomic E-state index is 13.2. The van der Waals surface area contributed by atoms with Crippen LogP contribution in [0.2, 0.25) is 0 Å². The van der Waals surface area contributed by atoms with Gasteiger partial charge in [-0.2, -0.15) is 0 Å². The Balaban J connectivity index is 0.00000240. The van der Waals surface area contributed by atoms with Crippen LogP contribution < -0.4 is 5.73 Å². The summed E-state index contributed by atoms with van der Waals surface area (Å²) in [6.07, 6.45) is 7.29. The molecule has 0 radical (unpaired) electrons. The highest BCUT2D eigenvalue weighted by molar-refractivity contribution is 5.94. The fourth-order valence-electron chi connectivity index (χ4n) is 5.68. The van der Waals surface area contributed by atoms with Gasteiger partial charge in [0.15, 0.2) is 0 Å². The maximum absolute atomic E-state index is 13.2. The van der Waals surface area contributed by atoms with Crippen LogP contribution in [0.1, 0.15) is 55.3 Å². The largest absolute Gasteiger partial charge is 0.342 e. The molecular weight excluding hydrogens is 386 g/mol. The molecule has 29 heavy (non-hydrogen) atoms. The molecule has 3 aliphatic rings. The number of rotatable bonds is 3. The van der Waals surface area contributed by atoms with Crippen molar-refractivity contribution in [1.82, 2.24) is 9.80 Å². The molecule has 4 rings (SSSR count). The summed E-state index contributed by atoms with van der Waals surface area (Å²) in [6.45, 7) is 1.44. The van der Waals surface area contributed by atoms with Crippen molar-refractivity contribution in [2.24, 2.45) is 23.5 Å². The van der Waals surface area contributed by atoms with E-state index in [1.165, 1.54) is 19.3 Å². The second kappa shape index (κ2) is 9.48. The van der Waals surface area contributed by atoms with Crippen molar-refractivity contribution in [2.45, 2.75) is 57.0 Å². The zero-order valence-electron chi connectivity index (χ0n) is 17.3. The Kier molecular flexibility index (Phi) is 7.23. The van der Waals surface area contributed by atoms with E-state index in [1.54, 1.807) is 0 Å². The molecule has 2 N–H and O–H groups in total. The SMILES string of the molecule is CN(C(=O)C1CC2CCCC(C1)C2N)C1CCN(C(=O)c2ccccc2)CC1.Cl. The van der Waals surface area contributed by atoms with Gasteiger partial charge in [-0.25, -0.2) is 0 Å². The van der Waals surface area contributed by atoms with Gasteiger partial charge in [0.2, 0.25) is 5.91 Å². The number of carbonyl (C=O) groups is 2. The van der Waals surface area contributed by atoms with Crippen LogP contribution in [0.4, 0.5) is 0 Å². The third-order valence-electron chi connectivity index (χ3n) is 7.43. The molecular formula is C23H34ClN3O2. The number of benzene rings is 1. The second-order valence-corrected chi connectivity index (χ2v) is 9.04. The highest BCUT2D eigenvalue weighted by Crippen LogP contribution is 2.42. The monoisotopic (exact) mass is 419 g/mol. The van der Waals surface area contributed by atoms with E-state index in [2.05, 4.69) is 0 Å². The molecule has 1 aromatic rings. The van der Waals surface area contributed by atoms with Gasteiger partial charge in [-0.15, -0.1) is 12.4 Å². The zero-order chi connectivity index (χ0) is 19.7. The third kappa shape index (κ3) is 4.61. The first-order chi connectivity index (χ1) is 13.5. The first-order valence-electron chi connectivity index (χ1n) is 10.9. The van der Waals surface area contributed by atoms with Crippen LogP contribution in [0, 0.1) is 17.8 Å². The van der Waals surface area contributed by atoms with Crippen molar-refractivity contribution in [3.8, 4) is 0 Å². The van der Waals surface area contributed by atoms with Crippen LogP contribution in [-0.2, 0) is 4.79 Å². The summed E-state index contributed by atoms with van der Waals surface area (Å²) in [5.41, 5.74) is 7.14. The molecule has 2 amide bonds. The first kappa shape index (κ1) is 22.1. The number of amides is 2. The average molecular weight is 420 g/mol. The van der Waals surface area contributed by atoms with Gasteiger partial charge in [-0.1, -0.05) is 24.6 Å². The van der Waals surface area contributed by atoms with Crippen LogP contribution in [0.5, 0.6) is 0 Å². The standard InChI is InChI=1S/C23H33N3O2.ClH/c1-25(22(27)19-14-17-8-5-9-18(15-19)21(17)24)20-10-12-26(13-11-20)23(28)16-6-3-2-4-7-16;/h2-4,6-7,17-21H,5,8-15,24H2,1H3;1H. The predicted molar refractivity (Wildman–Crippen MR) is 117 cm³/mol. The van der Waals surface area contributed by atoms with Crippen LogP contribution in [0.25, 0.3) is 0 Å². The molecule has 1 heterocycles. The number of piperidine rings is 1. The molecule has 2 unspecified atom stereocenters. The minimum Gasteiger partial charge on any atom is -0.342 e. The number of likely N-dealkylation sites (tertiary alicyclic amines) is 1. The molecule has 5 nitrogen and oxygen atoms in total. The molecule has 1 saturated heterocycles. The van der Waals surface area contributed by atoms with Crippen LogP contribution in [-0.4, -0.2) is 53.8 Å². The number of hydrogen-bond acceptors (Lipinski definition) is 3. The average Bonchev–Trinajstić information content (AvgIpc) is 2.73. The van der Waals surface area contributed by atoms with Gasteiger partial charge in [-0.05, 0) is 62.5 Å². The number of carbonyl (C=O) groups excluding carboxylic acids is 2. The summed E-state index contributed by atoms with van der Waals surface area (Å²) in [6, 6.07) is 10.0. The number of halogens is 1. The topological polar surface area (TPSA) is 66.6 Å². The summed E-state index contributed by atoms with van der Waals surface area (Å²) < 4.78 is 0. The molecule has 1 aliphatic heterocycles. The minimum absolute atomic E-state index is 0. The van der Waals surface area contributed by atoms with E-state index in [0.717, 1.165) is 44.3 Å². The van der Waals surface area contributed by atoms with E-state index in [9.17, 15) is 9.59 Å². The normalized spacial score (nSPS) is 29.7. The van der Waals surface area contributed by atoms with Gasteiger partial charge < -0.3 is 15.5 Å². The van der Waals surface area contributed by atoms with E-state index >= 15 is 0 Å². The van der Waals surface area contributed by atoms with Gasteiger partial charge in [-0.3, -0.25) is 9.59 Å². The Morgan fingerprint density at radius 2 is 1.59 bits per heavy atom. The Hall–Kier alpha value is -1.59. The Morgan fingerprint density at radius 3 is 2.17 bits per heavy atom. The predicted octanol–water partition coefficient (Wildman–Crippen LogP) is 3.33. The van der Waals surface area contributed by atoms with Crippen molar-refractivity contribution in [3.63, 3.8) is 0 Å². The zero-order valence-corrected chi connectivity index (χ0v) is 18.2. The Bertz CT molecular complexity index is 691. The molecule has 2 atom stereocenters. The number of hydrogen-bond donors (Lipinski definition) is 1. The molecule has 6 heteroatoms. The summed E-state index contributed by atoms with van der Waals surface area (Å²) in [5.74, 6) is 1.60. The fourth-order valence-corrected chi connectivity index (χ4v) is 5.68. The van der Waals surface area contributed by atoms with Crippen LogP contribution in [0.15, 0.2) is 30.3 Å². The smallest absolute Gasteiger partial charge is 0.253 e. The summed E-state index contributed by atoms with van der Waals surface area (Å²) in [4.78, 5) is 29.7. The summed E-state index contributed by atoms with van der Waals surface area (Å²) >= 11 is 0. The van der Waals surface area contributed by atoms with Crippen molar-refractivity contribution in [2.75, 3.05) is 20.1 Å². The number of nitrogens with two attached hydrogens (primary N) is 1. The molecule has 2 aliphatic carbocycles. The molecule has 160 valence electrons. The van der Waals surface area contributed by atoms with Crippen LogP contribution >= 0.6 is 12.4 Å². The third-order valence-corrected chi connectivity index (χ3v) is 7.43. The molecule has 0 spiro atoms. The minimum atomic E-state index is 0. The van der Waals surface area contributed by atoms with Crippen molar-refractivity contribution in [1.29, 1.82) is 0 Å². The lowest BCUT2D eigenvalue weighted by Crippen LogP contribution is -2.52. The summed E-state index contributed by atoms with van der Waals surface area (Å²) in [5, 5.41) is 0.